The summed E-state index contributed by atoms with van der Waals surface area (Å²) in [5.74, 6) is -2.30. The van der Waals surface area contributed by atoms with Crippen molar-refractivity contribution in [3.05, 3.63) is 29.5 Å². The average molecular weight is 357 g/mol. The molecular weight excluding hydrogens is 342 g/mol. The standard InChI is InChI=1S/C14H14F2N6O.ClH/c1-7-3-8(2)22-12(19-7)9(5-18-22)11-20-13(23-21-11)10-4-14(15,16)6-17-10;/h3,5,10,17H,4,6H2,1-2H3;1H. The van der Waals surface area contributed by atoms with Crippen LogP contribution in [0.2, 0.25) is 0 Å². The van der Waals surface area contributed by atoms with Crippen molar-refractivity contribution in [2.75, 3.05) is 6.54 Å². The van der Waals surface area contributed by atoms with E-state index < -0.39 is 12.0 Å². The first-order valence-electron chi connectivity index (χ1n) is 7.20. The summed E-state index contributed by atoms with van der Waals surface area (Å²) in [7, 11) is 0. The number of nitrogens with one attached hydrogen (secondary N) is 1. The Kier molecular flexibility index (Phi) is 4.00. The molecule has 10 heteroatoms. The van der Waals surface area contributed by atoms with Crippen LogP contribution in [0.15, 0.2) is 16.8 Å². The van der Waals surface area contributed by atoms with Crippen molar-refractivity contribution < 1.29 is 13.3 Å². The molecule has 0 aromatic carbocycles. The van der Waals surface area contributed by atoms with Gasteiger partial charge in [0.1, 0.15) is 0 Å². The van der Waals surface area contributed by atoms with Crippen molar-refractivity contribution in [3.8, 4) is 11.4 Å². The summed E-state index contributed by atoms with van der Waals surface area (Å²) in [6.45, 7) is 3.42. The third kappa shape index (κ3) is 2.73. The van der Waals surface area contributed by atoms with Crippen LogP contribution in [-0.4, -0.2) is 37.2 Å². The summed E-state index contributed by atoms with van der Waals surface area (Å²) in [5.41, 5.74) is 2.99. The van der Waals surface area contributed by atoms with E-state index in [-0.39, 0.29) is 31.3 Å². The van der Waals surface area contributed by atoms with E-state index in [1.165, 1.54) is 0 Å². The highest BCUT2D eigenvalue weighted by Gasteiger charge is 2.42. The first kappa shape index (κ1) is 16.7. The molecule has 3 aromatic rings. The Hall–Kier alpha value is -2.13. The molecule has 0 aliphatic carbocycles. The predicted octanol–water partition coefficient (Wildman–Crippen LogP) is 2.49. The molecule has 0 amide bonds. The van der Waals surface area contributed by atoms with E-state index in [0.29, 0.717) is 17.0 Å². The summed E-state index contributed by atoms with van der Waals surface area (Å²) in [4.78, 5) is 8.69. The Morgan fingerprint density at radius 2 is 2.12 bits per heavy atom. The molecule has 4 rings (SSSR count). The number of aryl methyl sites for hydroxylation is 2. The number of aromatic nitrogens is 5. The second kappa shape index (κ2) is 5.75. The summed E-state index contributed by atoms with van der Waals surface area (Å²) in [6, 6.07) is 1.28. The summed E-state index contributed by atoms with van der Waals surface area (Å²) in [6.07, 6.45) is 1.25. The quantitative estimate of drug-likeness (QED) is 0.759. The summed E-state index contributed by atoms with van der Waals surface area (Å²) < 4.78 is 33.4. The van der Waals surface area contributed by atoms with Gasteiger partial charge in [-0.2, -0.15) is 10.1 Å². The normalized spacial score (nSPS) is 19.6. The van der Waals surface area contributed by atoms with Crippen LogP contribution in [0.25, 0.3) is 17.0 Å². The van der Waals surface area contributed by atoms with Crippen molar-refractivity contribution >= 4 is 18.1 Å². The van der Waals surface area contributed by atoms with Crippen LogP contribution in [0.5, 0.6) is 0 Å². The lowest BCUT2D eigenvalue weighted by atomic mass is 10.2. The molecule has 0 spiro atoms. The molecular formula is C14H15ClF2N6O. The zero-order valence-corrected chi connectivity index (χ0v) is 13.8. The molecule has 1 aliphatic heterocycles. The molecule has 4 heterocycles. The Balaban J connectivity index is 0.00000169. The van der Waals surface area contributed by atoms with Crippen molar-refractivity contribution in [3.63, 3.8) is 0 Å². The zero-order chi connectivity index (χ0) is 16.2. The van der Waals surface area contributed by atoms with Gasteiger partial charge in [-0.15, -0.1) is 12.4 Å². The molecule has 0 bridgehead atoms. The van der Waals surface area contributed by atoms with E-state index in [1.54, 1.807) is 10.7 Å². The highest BCUT2D eigenvalue weighted by Crippen LogP contribution is 2.34. The van der Waals surface area contributed by atoms with Crippen LogP contribution < -0.4 is 5.32 Å². The lowest BCUT2D eigenvalue weighted by molar-refractivity contribution is 0.0200. The molecule has 3 aromatic heterocycles. The first-order valence-corrected chi connectivity index (χ1v) is 7.20. The molecule has 1 N–H and O–H groups in total. The molecule has 0 radical (unpaired) electrons. The monoisotopic (exact) mass is 356 g/mol. The molecule has 1 unspecified atom stereocenters. The van der Waals surface area contributed by atoms with Gasteiger partial charge < -0.3 is 4.52 Å². The zero-order valence-electron chi connectivity index (χ0n) is 13.0. The van der Waals surface area contributed by atoms with Crippen LogP contribution in [0.3, 0.4) is 0 Å². The van der Waals surface area contributed by atoms with E-state index in [9.17, 15) is 8.78 Å². The molecule has 1 saturated heterocycles. The number of hydrogen-bond donors (Lipinski definition) is 1. The topological polar surface area (TPSA) is 81.1 Å². The minimum absolute atomic E-state index is 0. The average Bonchev–Trinajstić information content (AvgIpc) is 3.15. The van der Waals surface area contributed by atoms with Gasteiger partial charge in [-0.25, -0.2) is 18.3 Å². The van der Waals surface area contributed by atoms with Gasteiger partial charge in [0.25, 0.3) is 5.92 Å². The molecule has 7 nitrogen and oxygen atoms in total. The van der Waals surface area contributed by atoms with Crippen LogP contribution in [0.1, 0.15) is 29.7 Å². The van der Waals surface area contributed by atoms with Crippen molar-refractivity contribution in [2.45, 2.75) is 32.2 Å². The Bertz CT molecular complexity index is 893. The van der Waals surface area contributed by atoms with Crippen LogP contribution in [0.4, 0.5) is 8.78 Å². The van der Waals surface area contributed by atoms with Gasteiger partial charge in [0.2, 0.25) is 11.7 Å². The molecule has 0 saturated carbocycles. The van der Waals surface area contributed by atoms with Crippen molar-refractivity contribution in [1.82, 2.24) is 30.1 Å². The molecule has 24 heavy (non-hydrogen) atoms. The lowest BCUT2D eigenvalue weighted by Crippen LogP contribution is -2.19. The number of nitrogens with zero attached hydrogens (tertiary/aromatic N) is 5. The molecule has 1 aliphatic rings. The van der Waals surface area contributed by atoms with E-state index in [1.807, 2.05) is 19.9 Å². The second-order valence-corrected chi connectivity index (χ2v) is 5.78. The Morgan fingerprint density at radius 1 is 1.33 bits per heavy atom. The number of alkyl halides is 2. The molecule has 1 atom stereocenters. The van der Waals surface area contributed by atoms with E-state index in [2.05, 4.69) is 25.5 Å². The predicted molar refractivity (Wildman–Crippen MR) is 83.3 cm³/mol. The van der Waals surface area contributed by atoms with Crippen molar-refractivity contribution in [1.29, 1.82) is 0 Å². The fourth-order valence-electron chi connectivity index (χ4n) is 2.80. The highest BCUT2D eigenvalue weighted by atomic mass is 35.5. The molecule has 128 valence electrons. The maximum atomic E-state index is 13.3. The first-order chi connectivity index (χ1) is 10.9. The van der Waals surface area contributed by atoms with E-state index in [4.69, 9.17) is 4.52 Å². The third-order valence-corrected chi connectivity index (χ3v) is 3.87. The second-order valence-electron chi connectivity index (χ2n) is 5.78. The maximum Gasteiger partial charge on any atom is 0.262 e. The van der Waals surface area contributed by atoms with Gasteiger partial charge in [-0.3, -0.25) is 5.32 Å². The van der Waals surface area contributed by atoms with Crippen LogP contribution >= 0.6 is 12.4 Å². The number of hydrogen-bond acceptors (Lipinski definition) is 6. The maximum absolute atomic E-state index is 13.3. The number of halogens is 3. The minimum atomic E-state index is -2.75. The third-order valence-electron chi connectivity index (χ3n) is 3.87. The van der Waals surface area contributed by atoms with Gasteiger partial charge in [-0.05, 0) is 19.9 Å². The van der Waals surface area contributed by atoms with Gasteiger partial charge in [0, 0.05) is 17.8 Å². The fraction of sp³-hybridized carbons (Fsp3) is 0.429. The highest BCUT2D eigenvalue weighted by molar-refractivity contribution is 5.85. The summed E-state index contributed by atoms with van der Waals surface area (Å²) >= 11 is 0. The minimum Gasteiger partial charge on any atom is -0.337 e. The lowest BCUT2D eigenvalue weighted by Gasteiger charge is -2.04. The van der Waals surface area contributed by atoms with Crippen LogP contribution in [-0.2, 0) is 0 Å². The summed E-state index contributed by atoms with van der Waals surface area (Å²) in [5, 5.41) is 10.9. The van der Waals surface area contributed by atoms with Gasteiger partial charge in [0.15, 0.2) is 5.65 Å². The van der Waals surface area contributed by atoms with Crippen molar-refractivity contribution in [2.24, 2.45) is 0 Å². The SMILES string of the molecule is Cc1cc(C)n2ncc(-c3noc(C4CC(F)(F)CN4)n3)c2n1.Cl. The number of rotatable bonds is 2. The molecule has 1 fully saturated rings. The fourth-order valence-corrected chi connectivity index (χ4v) is 2.80. The van der Waals surface area contributed by atoms with Gasteiger partial charge in [0.05, 0.1) is 24.3 Å². The smallest absolute Gasteiger partial charge is 0.262 e. The van der Waals surface area contributed by atoms with E-state index in [0.717, 1.165) is 11.4 Å². The Morgan fingerprint density at radius 3 is 2.83 bits per heavy atom. The number of fused-ring (bicyclic) bond motifs is 1. The largest absolute Gasteiger partial charge is 0.337 e. The van der Waals surface area contributed by atoms with Gasteiger partial charge >= 0.3 is 0 Å². The Labute approximate surface area is 141 Å². The van der Waals surface area contributed by atoms with E-state index >= 15 is 0 Å². The van der Waals surface area contributed by atoms with Gasteiger partial charge in [-0.1, -0.05) is 5.16 Å². The van der Waals surface area contributed by atoms with Crippen LogP contribution in [0, 0.1) is 13.8 Å².